The average molecular weight is 183 g/mol. The van der Waals surface area contributed by atoms with Crippen LogP contribution in [0.15, 0.2) is 0 Å². The maximum atomic E-state index is 12.7. The van der Waals surface area contributed by atoms with E-state index in [0.717, 1.165) is 25.9 Å². The number of likely N-dealkylation sites (tertiary alicyclic amines) is 1. The summed E-state index contributed by atoms with van der Waals surface area (Å²) in [4.78, 5) is 2.19. The molecule has 11 heavy (non-hydrogen) atoms. The molecule has 1 saturated heterocycles. The van der Waals surface area contributed by atoms with Crippen molar-refractivity contribution < 1.29 is 55.8 Å². The summed E-state index contributed by atoms with van der Waals surface area (Å²) in [5, 5.41) is 0. The number of rotatable bonds is 2. The second-order valence-electron chi connectivity index (χ2n) is 2.84. The van der Waals surface area contributed by atoms with Gasteiger partial charge in [0.25, 0.3) is 0 Å². The van der Waals surface area contributed by atoms with Gasteiger partial charge >= 0.3 is 51.4 Å². The average Bonchev–Trinajstić information content (AvgIpc) is 1.88. The molecule has 0 spiro atoms. The van der Waals surface area contributed by atoms with Crippen molar-refractivity contribution in [1.82, 2.24) is 4.90 Å². The fourth-order valence-corrected chi connectivity index (χ4v) is 1.37. The van der Waals surface area contributed by atoms with Gasteiger partial charge in [0, 0.05) is 6.54 Å². The summed E-state index contributed by atoms with van der Waals surface area (Å²) < 4.78 is 12.7. The van der Waals surface area contributed by atoms with Crippen LogP contribution in [0.5, 0.6) is 0 Å². The van der Waals surface area contributed by atoms with Crippen LogP contribution in [-0.4, -0.2) is 30.7 Å². The fraction of sp³-hybridized carbons (Fsp3) is 0.875. The first kappa shape index (κ1) is 12.5. The molecular weight excluding hydrogens is 168 g/mol. The van der Waals surface area contributed by atoms with Crippen molar-refractivity contribution in [3.8, 4) is 0 Å². The second kappa shape index (κ2) is 6.98. The largest absolute Gasteiger partial charge is 1.00 e. The van der Waals surface area contributed by atoms with Crippen LogP contribution < -0.4 is 51.4 Å². The van der Waals surface area contributed by atoms with E-state index in [0.29, 0.717) is 6.54 Å². The van der Waals surface area contributed by atoms with Crippen molar-refractivity contribution >= 4 is 0 Å². The molecular formula is C8H15FKN. The number of nitrogens with zero attached hydrogens (tertiary/aromatic N) is 1. The van der Waals surface area contributed by atoms with Crippen LogP contribution in [0.3, 0.4) is 0 Å². The van der Waals surface area contributed by atoms with Crippen molar-refractivity contribution in [2.24, 2.45) is 0 Å². The molecule has 0 aromatic heterocycles. The monoisotopic (exact) mass is 183 g/mol. The van der Waals surface area contributed by atoms with Crippen molar-refractivity contribution in [3.05, 3.63) is 6.42 Å². The smallest absolute Gasteiger partial charge is 0.306 e. The topological polar surface area (TPSA) is 3.24 Å². The minimum atomic E-state index is -0.680. The standard InChI is InChI=1S/C8H15FN.K/c1-2-5-10-6-3-4-8(9)7-10;/h4,8H,2-3,5-7H2,1H3;/q-1;+1. The number of piperidine rings is 1. The first-order valence-electron chi connectivity index (χ1n) is 4.02. The van der Waals surface area contributed by atoms with Gasteiger partial charge in [-0.25, -0.2) is 0 Å². The molecule has 1 fully saturated rings. The maximum Gasteiger partial charge on any atom is 1.00 e. The molecule has 0 aromatic rings. The summed E-state index contributed by atoms with van der Waals surface area (Å²) in [6.45, 7) is 4.85. The molecule has 1 aliphatic heterocycles. The molecule has 0 aliphatic carbocycles. The molecule has 0 saturated carbocycles. The molecule has 60 valence electrons. The Bertz CT molecular complexity index is 98.1. The molecule has 3 heteroatoms. The molecule has 0 bridgehead atoms. The third-order valence-corrected chi connectivity index (χ3v) is 1.84. The molecule has 0 N–H and O–H groups in total. The predicted molar refractivity (Wildman–Crippen MR) is 40.5 cm³/mol. The molecule has 0 amide bonds. The molecule has 1 nitrogen and oxygen atoms in total. The Morgan fingerprint density at radius 1 is 1.64 bits per heavy atom. The molecule has 1 atom stereocenters. The molecule has 0 aromatic carbocycles. The number of alkyl halides is 1. The van der Waals surface area contributed by atoms with Gasteiger partial charge in [-0.2, -0.15) is 6.42 Å². The van der Waals surface area contributed by atoms with E-state index in [1.807, 2.05) is 0 Å². The first-order chi connectivity index (χ1) is 4.83. The quantitative estimate of drug-likeness (QED) is 0.378. The Morgan fingerprint density at radius 2 is 2.36 bits per heavy atom. The zero-order chi connectivity index (χ0) is 7.40. The Labute approximate surface area is 111 Å². The van der Waals surface area contributed by atoms with Crippen LogP contribution in [0.2, 0.25) is 0 Å². The maximum absolute atomic E-state index is 12.7. The van der Waals surface area contributed by atoms with Crippen LogP contribution in [0.4, 0.5) is 4.39 Å². The molecule has 1 unspecified atom stereocenters. The van der Waals surface area contributed by atoms with Gasteiger partial charge in [0.15, 0.2) is 0 Å². The summed E-state index contributed by atoms with van der Waals surface area (Å²) in [5.41, 5.74) is 0. The Kier molecular flexibility index (Phi) is 7.95. The normalized spacial score (nSPS) is 26.2. The summed E-state index contributed by atoms with van der Waals surface area (Å²) in [7, 11) is 0. The number of hydrogen-bond acceptors (Lipinski definition) is 1. The van der Waals surface area contributed by atoms with Gasteiger partial charge in [-0.1, -0.05) is 6.92 Å². The van der Waals surface area contributed by atoms with Crippen LogP contribution in [0.1, 0.15) is 19.8 Å². The zero-order valence-electron chi connectivity index (χ0n) is 7.52. The van der Waals surface area contributed by atoms with Crippen LogP contribution >= 0.6 is 0 Å². The van der Waals surface area contributed by atoms with Gasteiger partial charge in [0.2, 0.25) is 0 Å². The van der Waals surface area contributed by atoms with Gasteiger partial charge in [-0.05, 0) is 25.7 Å². The molecule has 1 aliphatic rings. The minimum absolute atomic E-state index is 0. The predicted octanol–water partition coefficient (Wildman–Crippen LogP) is -1.35. The van der Waals surface area contributed by atoms with Crippen LogP contribution in [0.25, 0.3) is 0 Å². The first-order valence-corrected chi connectivity index (χ1v) is 4.02. The van der Waals surface area contributed by atoms with Gasteiger partial charge in [-0.15, -0.1) is 0 Å². The van der Waals surface area contributed by atoms with Gasteiger partial charge < -0.3 is 4.90 Å². The third-order valence-electron chi connectivity index (χ3n) is 1.84. The van der Waals surface area contributed by atoms with Crippen molar-refractivity contribution in [1.29, 1.82) is 0 Å². The Balaban J connectivity index is 0.000001000. The summed E-state index contributed by atoms with van der Waals surface area (Å²) in [6.07, 6.45) is 3.14. The number of halogens is 1. The Morgan fingerprint density at radius 3 is 2.91 bits per heavy atom. The molecule has 0 radical (unpaired) electrons. The summed E-state index contributed by atoms with van der Waals surface area (Å²) in [6, 6.07) is 0. The van der Waals surface area contributed by atoms with E-state index < -0.39 is 6.17 Å². The van der Waals surface area contributed by atoms with Crippen molar-refractivity contribution in [2.45, 2.75) is 25.9 Å². The van der Waals surface area contributed by atoms with Gasteiger partial charge in [-0.3, -0.25) is 10.8 Å². The van der Waals surface area contributed by atoms with E-state index in [1.54, 1.807) is 6.42 Å². The van der Waals surface area contributed by atoms with E-state index in [2.05, 4.69) is 11.8 Å². The third kappa shape index (κ3) is 4.96. The second-order valence-corrected chi connectivity index (χ2v) is 2.84. The molecule has 1 heterocycles. The van der Waals surface area contributed by atoms with E-state index >= 15 is 0 Å². The van der Waals surface area contributed by atoms with E-state index in [1.165, 1.54) is 0 Å². The SMILES string of the molecule is CCCN1CC[CH-]C(F)C1.[K+]. The minimum Gasteiger partial charge on any atom is -0.306 e. The van der Waals surface area contributed by atoms with Crippen molar-refractivity contribution in [2.75, 3.05) is 19.6 Å². The van der Waals surface area contributed by atoms with Gasteiger partial charge in [0.1, 0.15) is 0 Å². The summed E-state index contributed by atoms with van der Waals surface area (Å²) >= 11 is 0. The molecule has 1 rings (SSSR count). The van der Waals surface area contributed by atoms with Crippen LogP contribution in [-0.2, 0) is 0 Å². The van der Waals surface area contributed by atoms with E-state index in [-0.39, 0.29) is 51.4 Å². The number of hydrogen-bond donors (Lipinski definition) is 0. The zero-order valence-corrected chi connectivity index (χ0v) is 10.6. The fourth-order valence-electron chi connectivity index (χ4n) is 1.37. The van der Waals surface area contributed by atoms with Crippen molar-refractivity contribution in [3.63, 3.8) is 0 Å². The summed E-state index contributed by atoms with van der Waals surface area (Å²) in [5.74, 6) is 0. The van der Waals surface area contributed by atoms with E-state index in [4.69, 9.17) is 0 Å². The van der Waals surface area contributed by atoms with Gasteiger partial charge in [0.05, 0.1) is 0 Å². The van der Waals surface area contributed by atoms with Crippen LogP contribution in [0, 0.1) is 6.42 Å². The Hall–Kier alpha value is 1.53. The van der Waals surface area contributed by atoms with E-state index in [9.17, 15) is 4.39 Å².